The number of carboxylic acids is 1. The summed E-state index contributed by atoms with van der Waals surface area (Å²) in [6, 6.07) is 6.03. The summed E-state index contributed by atoms with van der Waals surface area (Å²) in [5.74, 6) is -0.474. The van der Waals surface area contributed by atoms with Crippen LogP contribution in [-0.4, -0.2) is 23.9 Å². The van der Waals surface area contributed by atoms with Crippen molar-refractivity contribution >= 4 is 5.97 Å². The third-order valence-corrected chi connectivity index (χ3v) is 3.40. The smallest absolute Gasteiger partial charge is 0.335 e. The molecule has 0 amide bonds. The molecule has 1 atom stereocenters. The molecule has 21 heavy (non-hydrogen) atoms. The molecule has 0 fully saturated rings. The number of hydrogen-bond acceptors (Lipinski definition) is 2. The number of halogens is 1. The van der Waals surface area contributed by atoms with Crippen molar-refractivity contribution in [2.24, 2.45) is 0 Å². The Morgan fingerprint density at radius 1 is 1.14 bits per heavy atom. The van der Waals surface area contributed by atoms with Gasteiger partial charge in [-0.3, -0.25) is 0 Å². The highest BCUT2D eigenvalue weighted by molar-refractivity contribution is 5.87. The molecule has 0 saturated carbocycles. The van der Waals surface area contributed by atoms with Crippen LogP contribution in [0.15, 0.2) is 24.3 Å². The fourth-order valence-corrected chi connectivity index (χ4v) is 2.11. The number of ether oxygens (including phenoxy) is 1. The molecule has 0 aliphatic heterocycles. The van der Waals surface area contributed by atoms with Crippen molar-refractivity contribution in [2.75, 3.05) is 6.61 Å². The Bertz CT molecular complexity index is 403. The maximum Gasteiger partial charge on any atom is 0.335 e. The third-order valence-electron chi connectivity index (χ3n) is 3.40. The molecule has 0 aliphatic rings. The van der Waals surface area contributed by atoms with Crippen molar-refractivity contribution in [2.45, 2.75) is 58.0 Å². The van der Waals surface area contributed by atoms with Gasteiger partial charge in [0.2, 0.25) is 0 Å². The lowest BCUT2D eigenvalue weighted by Gasteiger charge is -2.10. The number of carbonyl (C=O) groups is 1. The fourth-order valence-electron chi connectivity index (χ4n) is 2.11. The van der Waals surface area contributed by atoms with Gasteiger partial charge in [-0.05, 0) is 30.7 Å². The Labute approximate surface area is 126 Å². The molecule has 3 nitrogen and oxygen atoms in total. The first-order valence-electron chi connectivity index (χ1n) is 7.73. The zero-order chi connectivity index (χ0) is 15.5. The van der Waals surface area contributed by atoms with E-state index in [0.717, 1.165) is 12.8 Å². The van der Waals surface area contributed by atoms with E-state index in [1.165, 1.54) is 37.8 Å². The van der Waals surface area contributed by atoms with E-state index >= 15 is 0 Å². The van der Waals surface area contributed by atoms with E-state index in [-0.39, 0.29) is 12.2 Å². The molecule has 0 radical (unpaired) electrons. The first kappa shape index (κ1) is 17.5. The van der Waals surface area contributed by atoms with Gasteiger partial charge in [0.15, 0.2) is 0 Å². The van der Waals surface area contributed by atoms with E-state index in [1.54, 1.807) is 12.1 Å². The largest absolute Gasteiger partial charge is 0.491 e. The average Bonchev–Trinajstić information content (AvgIpc) is 2.49. The van der Waals surface area contributed by atoms with Crippen LogP contribution < -0.4 is 4.74 Å². The highest BCUT2D eigenvalue weighted by Crippen LogP contribution is 2.15. The van der Waals surface area contributed by atoms with Crippen LogP contribution in [0, 0.1) is 0 Å². The molecule has 0 aliphatic carbocycles. The molecule has 0 heterocycles. The van der Waals surface area contributed by atoms with Crippen LogP contribution >= 0.6 is 0 Å². The number of hydrogen-bond donors (Lipinski definition) is 1. The Balaban J connectivity index is 2.14. The molecule has 1 aromatic rings. The third kappa shape index (κ3) is 7.69. The summed E-state index contributed by atoms with van der Waals surface area (Å²) < 4.78 is 19.0. The van der Waals surface area contributed by atoms with Crippen molar-refractivity contribution in [1.82, 2.24) is 0 Å². The van der Waals surface area contributed by atoms with Gasteiger partial charge in [0.05, 0.1) is 5.56 Å². The van der Waals surface area contributed by atoms with Gasteiger partial charge in [0.25, 0.3) is 0 Å². The number of alkyl halides is 1. The van der Waals surface area contributed by atoms with Gasteiger partial charge >= 0.3 is 5.97 Å². The summed E-state index contributed by atoms with van der Waals surface area (Å²) in [7, 11) is 0. The van der Waals surface area contributed by atoms with Crippen LogP contribution in [0.3, 0.4) is 0 Å². The quantitative estimate of drug-likeness (QED) is 0.594. The van der Waals surface area contributed by atoms with Crippen LogP contribution in [-0.2, 0) is 0 Å². The van der Waals surface area contributed by atoms with Gasteiger partial charge in [-0.15, -0.1) is 0 Å². The van der Waals surface area contributed by atoms with E-state index in [2.05, 4.69) is 6.92 Å². The first-order chi connectivity index (χ1) is 10.1. The summed E-state index contributed by atoms with van der Waals surface area (Å²) in [5, 5.41) is 8.77. The minimum atomic E-state index is -0.979. The van der Waals surface area contributed by atoms with Gasteiger partial charge in [-0.2, -0.15) is 0 Å². The summed E-state index contributed by atoms with van der Waals surface area (Å²) in [5.41, 5.74) is 0.200. The SMILES string of the molecule is CCCCCCCCC(F)COc1ccc(C(=O)O)cc1. The minimum absolute atomic E-state index is 0.0291. The zero-order valence-corrected chi connectivity index (χ0v) is 12.7. The van der Waals surface area contributed by atoms with Crippen molar-refractivity contribution in [3.8, 4) is 5.75 Å². The second-order valence-electron chi connectivity index (χ2n) is 5.29. The van der Waals surface area contributed by atoms with Crippen LogP contribution in [0.2, 0.25) is 0 Å². The molecule has 1 rings (SSSR count). The Morgan fingerprint density at radius 2 is 1.76 bits per heavy atom. The second-order valence-corrected chi connectivity index (χ2v) is 5.29. The molecule has 0 spiro atoms. The van der Waals surface area contributed by atoms with Gasteiger partial charge in [-0.25, -0.2) is 9.18 Å². The van der Waals surface area contributed by atoms with Gasteiger partial charge in [0, 0.05) is 0 Å². The predicted octanol–water partition coefficient (Wildman–Crippen LogP) is 4.85. The standard InChI is InChI=1S/C17H25FO3/c1-2-3-4-5-6-7-8-15(18)13-21-16-11-9-14(10-12-16)17(19)20/h9-12,15H,2-8,13H2,1H3,(H,19,20). The van der Waals surface area contributed by atoms with E-state index in [9.17, 15) is 9.18 Å². The highest BCUT2D eigenvalue weighted by Gasteiger charge is 2.08. The van der Waals surface area contributed by atoms with E-state index in [4.69, 9.17) is 9.84 Å². The van der Waals surface area contributed by atoms with Crippen LogP contribution in [0.5, 0.6) is 5.75 Å². The van der Waals surface area contributed by atoms with E-state index in [0.29, 0.717) is 12.2 Å². The Hall–Kier alpha value is -1.58. The van der Waals surface area contributed by atoms with Crippen LogP contribution in [0.4, 0.5) is 4.39 Å². The highest BCUT2D eigenvalue weighted by atomic mass is 19.1. The maximum atomic E-state index is 13.7. The number of rotatable bonds is 11. The van der Waals surface area contributed by atoms with Gasteiger partial charge < -0.3 is 9.84 Å². The summed E-state index contributed by atoms with van der Waals surface area (Å²) in [6.45, 7) is 2.21. The minimum Gasteiger partial charge on any atom is -0.491 e. The second kappa shape index (κ2) is 10.2. The van der Waals surface area contributed by atoms with E-state index in [1.807, 2.05) is 0 Å². The number of unbranched alkanes of at least 4 members (excludes halogenated alkanes) is 5. The molecule has 118 valence electrons. The predicted molar refractivity (Wildman–Crippen MR) is 81.8 cm³/mol. The monoisotopic (exact) mass is 296 g/mol. The van der Waals surface area contributed by atoms with Crippen molar-refractivity contribution in [1.29, 1.82) is 0 Å². The molecular formula is C17H25FO3. The Morgan fingerprint density at radius 3 is 2.38 bits per heavy atom. The van der Waals surface area contributed by atoms with Crippen LogP contribution in [0.25, 0.3) is 0 Å². The lowest BCUT2D eigenvalue weighted by atomic mass is 10.1. The fraction of sp³-hybridized carbons (Fsp3) is 0.588. The molecular weight excluding hydrogens is 271 g/mol. The van der Waals surface area contributed by atoms with Crippen molar-refractivity contribution < 1.29 is 19.0 Å². The molecule has 0 aromatic heterocycles. The molecule has 1 N–H and O–H groups in total. The van der Waals surface area contributed by atoms with Crippen molar-refractivity contribution in [3.63, 3.8) is 0 Å². The summed E-state index contributed by atoms with van der Waals surface area (Å²) in [4.78, 5) is 10.7. The lowest BCUT2D eigenvalue weighted by Crippen LogP contribution is -2.12. The maximum absolute atomic E-state index is 13.7. The molecule has 1 unspecified atom stereocenters. The number of aromatic carboxylic acids is 1. The summed E-state index contributed by atoms with van der Waals surface area (Å²) >= 11 is 0. The normalized spacial score (nSPS) is 12.1. The number of carboxylic acid groups (broad SMARTS) is 1. The summed E-state index contributed by atoms with van der Waals surface area (Å²) in [6.07, 6.45) is 6.43. The lowest BCUT2D eigenvalue weighted by molar-refractivity contribution is 0.0697. The Kier molecular flexibility index (Phi) is 8.48. The van der Waals surface area contributed by atoms with E-state index < -0.39 is 12.1 Å². The van der Waals surface area contributed by atoms with Crippen LogP contribution in [0.1, 0.15) is 62.2 Å². The topological polar surface area (TPSA) is 46.5 Å². The first-order valence-corrected chi connectivity index (χ1v) is 7.73. The zero-order valence-electron chi connectivity index (χ0n) is 12.7. The molecule has 0 bridgehead atoms. The van der Waals surface area contributed by atoms with Crippen molar-refractivity contribution in [3.05, 3.63) is 29.8 Å². The molecule has 4 heteroatoms. The average molecular weight is 296 g/mol. The van der Waals surface area contributed by atoms with Gasteiger partial charge in [-0.1, -0.05) is 45.4 Å². The molecule has 1 aromatic carbocycles. The van der Waals surface area contributed by atoms with Gasteiger partial charge in [0.1, 0.15) is 18.5 Å². The number of benzene rings is 1. The molecule has 0 saturated heterocycles.